The van der Waals surface area contributed by atoms with Gasteiger partial charge < -0.3 is 4.57 Å². The molecule has 1 heterocycles. The number of imidazole rings is 1. The Morgan fingerprint density at radius 1 is 1.46 bits per heavy atom. The molecule has 1 aromatic heterocycles. The van der Waals surface area contributed by atoms with Crippen molar-refractivity contribution in [2.24, 2.45) is 7.05 Å². The van der Waals surface area contributed by atoms with E-state index in [1.54, 1.807) is 0 Å². The largest absolute Gasteiger partial charge is 0.327 e. The summed E-state index contributed by atoms with van der Waals surface area (Å²) >= 11 is 4.19. The minimum Gasteiger partial charge on any atom is -0.327 e. The molecule has 66 valence electrons. The van der Waals surface area contributed by atoms with E-state index in [1.807, 2.05) is 35.9 Å². The maximum atomic E-state index is 4.40. The van der Waals surface area contributed by atoms with Gasteiger partial charge in [0.15, 0.2) is 0 Å². The molecule has 0 atom stereocenters. The summed E-state index contributed by atoms with van der Waals surface area (Å²) in [5, 5.41) is 0. The fourth-order valence-corrected chi connectivity index (χ4v) is 1.60. The van der Waals surface area contributed by atoms with Crippen LogP contribution in [0.25, 0.3) is 15.9 Å². The van der Waals surface area contributed by atoms with Crippen molar-refractivity contribution in [3.63, 3.8) is 0 Å². The van der Waals surface area contributed by atoms with Gasteiger partial charge in [-0.3, -0.25) is 0 Å². The average molecular weight is 190 g/mol. The number of thiol groups is 1. The third-order valence-electron chi connectivity index (χ3n) is 2.05. The van der Waals surface area contributed by atoms with Gasteiger partial charge in [-0.2, -0.15) is 0 Å². The molecule has 3 heteroatoms. The van der Waals surface area contributed by atoms with Crippen molar-refractivity contribution in [2.45, 2.75) is 0 Å². The van der Waals surface area contributed by atoms with Gasteiger partial charge in [0.25, 0.3) is 0 Å². The number of benzene rings is 1. The maximum Gasteiger partial charge on any atom is 0.146 e. The highest BCUT2D eigenvalue weighted by Crippen LogP contribution is 2.20. The predicted octanol–water partition coefficient (Wildman–Crippen LogP) is 2.47. The highest BCUT2D eigenvalue weighted by molar-refractivity contribution is 7.90. The van der Waals surface area contributed by atoms with Gasteiger partial charge in [-0.05, 0) is 12.1 Å². The summed E-state index contributed by atoms with van der Waals surface area (Å²) in [6.07, 6.45) is 0. The highest BCUT2D eigenvalue weighted by Gasteiger charge is 2.06. The molecule has 0 saturated carbocycles. The number of aromatic nitrogens is 2. The first-order valence-electron chi connectivity index (χ1n) is 4.00. The second kappa shape index (κ2) is 2.92. The number of hydrogen-bond acceptors (Lipinski definition) is 2. The van der Waals surface area contributed by atoms with E-state index in [9.17, 15) is 0 Å². The molecule has 0 unspecified atom stereocenters. The first-order chi connectivity index (χ1) is 6.20. The van der Waals surface area contributed by atoms with E-state index < -0.39 is 0 Å². The van der Waals surface area contributed by atoms with Crippen LogP contribution in [0.3, 0.4) is 0 Å². The second-order valence-electron chi connectivity index (χ2n) is 2.93. The number of rotatable bonds is 1. The van der Waals surface area contributed by atoms with E-state index in [0.717, 1.165) is 16.9 Å². The van der Waals surface area contributed by atoms with Gasteiger partial charge in [0.2, 0.25) is 0 Å². The Balaban J connectivity index is 2.81. The fraction of sp³-hybridized carbons (Fsp3) is 0.100. The topological polar surface area (TPSA) is 17.8 Å². The Bertz CT molecular complexity index is 471. The highest BCUT2D eigenvalue weighted by atomic mass is 32.1. The first kappa shape index (κ1) is 8.38. The number of aryl methyl sites for hydroxylation is 1. The Morgan fingerprint density at radius 2 is 2.15 bits per heavy atom. The zero-order valence-electron chi connectivity index (χ0n) is 7.36. The van der Waals surface area contributed by atoms with Crippen LogP contribution in [0.1, 0.15) is 5.82 Å². The molecule has 0 spiro atoms. The van der Waals surface area contributed by atoms with Crippen molar-refractivity contribution in [1.82, 2.24) is 9.55 Å². The fourth-order valence-electron chi connectivity index (χ4n) is 1.40. The maximum absolute atomic E-state index is 4.40. The summed E-state index contributed by atoms with van der Waals surface area (Å²) in [4.78, 5) is 5.09. The van der Waals surface area contributed by atoms with Crippen molar-refractivity contribution in [3.05, 3.63) is 36.7 Å². The van der Waals surface area contributed by atoms with Crippen molar-refractivity contribution in [2.75, 3.05) is 0 Å². The summed E-state index contributed by atoms with van der Waals surface area (Å²) in [7, 11) is 1.96. The average Bonchev–Trinajstić information content (AvgIpc) is 2.45. The molecule has 0 aliphatic carbocycles. The van der Waals surface area contributed by atoms with Crippen LogP contribution in [0.15, 0.2) is 30.8 Å². The summed E-state index contributed by atoms with van der Waals surface area (Å²) in [6, 6.07) is 7.98. The number of nitrogens with zero attached hydrogens (tertiary/aromatic N) is 2. The standard InChI is InChI=1S/C10H10N2S/c1-7(13)10-11-8-5-3-4-6-9(8)12(10)2/h3-6,13H,1H2,2H3. The second-order valence-corrected chi connectivity index (χ2v) is 3.47. The minimum absolute atomic E-state index is 0.693. The Hall–Kier alpha value is -1.22. The molecular formula is C10H10N2S. The quantitative estimate of drug-likeness (QED) is 0.684. The Morgan fingerprint density at radius 3 is 2.77 bits per heavy atom. The van der Waals surface area contributed by atoms with Crippen LogP contribution in [-0.2, 0) is 7.05 Å². The number of hydrogen-bond donors (Lipinski definition) is 1. The molecular weight excluding hydrogens is 180 g/mol. The van der Waals surface area contributed by atoms with E-state index in [0.29, 0.717) is 4.91 Å². The Kier molecular flexibility index (Phi) is 1.88. The molecule has 0 amide bonds. The summed E-state index contributed by atoms with van der Waals surface area (Å²) in [6.45, 7) is 3.76. The van der Waals surface area contributed by atoms with Crippen molar-refractivity contribution in [3.8, 4) is 0 Å². The van der Waals surface area contributed by atoms with E-state index in [-0.39, 0.29) is 0 Å². The molecule has 2 aromatic rings. The van der Waals surface area contributed by atoms with Crippen LogP contribution >= 0.6 is 12.6 Å². The third-order valence-corrected chi connectivity index (χ3v) is 2.25. The molecule has 13 heavy (non-hydrogen) atoms. The molecule has 0 fully saturated rings. The van der Waals surface area contributed by atoms with Crippen LogP contribution in [0.5, 0.6) is 0 Å². The van der Waals surface area contributed by atoms with Crippen LogP contribution in [0, 0.1) is 0 Å². The predicted molar refractivity (Wildman–Crippen MR) is 58.7 cm³/mol. The lowest BCUT2D eigenvalue weighted by atomic mass is 10.3. The van der Waals surface area contributed by atoms with Crippen LogP contribution in [0.2, 0.25) is 0 Å². The van der Waals surface area contributed by atoms with Crippen LogP contribution in [-0.4, -0.2) is 9.55 Å². The smallest absolute Gasteiger partial charge is 0.146 e. The van der Waals surface area contributed by atoms with Gasteiger partial charge in [0.05, 0.1) is 11.0 Å². The van der Waals surface area contributed by atoms with E-state index in [2.05, 4.69) is 24.2 Å². The summed E-state index contributed by atoms with van der Waals surface area (Å²) < 4.78 is 1.99. The molecule has 0 radical (unpaired) electrons. The van der Waals surface area contributed by atoms with Crippen molar-refractivity contribution < 1.29 is 0 Å². The van der Waals surface area contributed by atoms with E-state index in [4.69, 9.17) is 0 Å². The zero-order chi connectivity index (χ0) is 9.42. The Labute approximate surface area is 82.3 Å². The molecule has 1 aromatic carbocycles. The van der Waals surface area contributed by atoms with Crippen LogP contribution in [0.4, 0.5) is 0 Å². The van der Waals surface area contributed by atoms with Crippen molar-refractivity contribution >= 4 is 28.6 Å². The summed E-state index contributed by atoms with van der Waals surface area (Å²) in [5.41, 5.74) is 2.09. The van der Waals surface area contributed by atoms with Gasteiger partial charge in [0.1, 0.15) is 5.82 Å². The third kappa shape index (κ3) is 1.25. The molecule has 0 saturated heterocycles. The minimum atomic E-state index is 0.693. The van der Waals surface area contributed by atoms with Gasteiger partial charge in [-0.1, -0.05) is 18.7 Å². The van der Waals surface area contributed by atoms with Gasteiger partial charge in [-0.15, -0.1) is 12.6 Å². The molecule has 0 aliphatic rings. The lowest BCUT2D eigenvalue weighted by Gasteiger charge is -1.98. The van der Waals surface area contributed by atoms with Gasteiger partial charge >= 0.3 is 0 Å². The first-order valence-corrected chi connectivity index (χ1v) is 4.44. The van der Waals surface area contributed by atoms with Gasteiger partial charge in [-0.25, -0.2) is 4.98 Å². The van der Waals surface area contributed by atoms with E-state index in [1.165, 1.54) is 0 Å². The molecule has 0 aliphatic heterocycles. The summed E-state index contributed by atoms with van der Waals surface area (Å²) in [5.74, 6) is 0.824. The van der Waals surface area contributed by atoms with Crippen LogP contribution < -0.4 is 0 Å². The molecule has 2 rings (SSSR count). The monoisotopic (exact) mass is 190 g/mol. The zero-order valence-corrected chi connectivity index (χ0v) is 8.25. The number of fused-ring (bicyclic) bond motifs is 1. The molecule has 0 bridgehead atoms. The SMILES string of the molecule is C=C(S)c1nc2ccccc2n1C. The number of para-hydroxylation sites is 2. The lowest BCUT2D eigenvalue weighted by molar-refractivity contribution is 0.928. The normalized spacial score (nSPS) is 10.6. The van der Waals surface area contributed by atoms with Gasteiger partial charge in [0, 0.05) is 12.0 Å². The van der Waals surface area contributed by atoms with Crippen molar-refractivity contribution in [1.29, 1.82) is 0 Å². The molecule has 0 N–H and O–H groups in total. The molecule has 2 nitrogen and oxygen atoms in total. The van der Waals surface area contributed by atoms with E-state index >= 15 is 0 Å². The lowest BCUT2D eigenvalue weighted by Crippen LogP contribution is -1.92.